The molecule has 0 amide bonds. The van der Waals surface area contributed by atoms with E-state index in [4.69, 9.17) is 0 Å². The van der Waals surface area contributed by atoms with Crippen LogP contribution in [0.1, 0.15) is 35.4 Å². The molecule has 1 saturated carbocycles. The number of aromatic nitrogens is 1. The van der Waals surface area contributed by atoms with Gasteiger partial charge in [-0.05, 0) is 67.5 Å². The molecule has 0 bridgehead atoms. The Bertz CT molecular complexity index is 1150. The van der Waals surface area contributed by atoms with Gasteiger partial charge >= 0.3 is 0 Å². The van der Waals surface area contributed by atoms with Crippen LogP contribution in [0.25, 0.3) is 10.9 Å². The van der Waals surface area contributed by atoms with Crippen molar-refractivity contribution in [3.8, 4) is 6.07 Å². The standard InChI is InChI=1S/C21H20N2O3S/c1-14-2-5-17(6-3-14)27(25,26)23-13-20(18-11-16(18)8-9-24)19-10-15(12-22)4-7-21(19)23/h2-7,10,13,16,18,24H,8-9,11H2,1H3. The summed E-state index contributed by atoms with van der Waals surface area (Å²) in [6, 6.07) is 14.0. The predicted molar refractivity (Wildman–Crippen MR) is 103 cm³/mol. The van der Waals surface area contributed by atoms with Gasteiger partial charge in [-0.3, -0.25) is 0 Å². The molecule has 4 rings (SSSR count). The Balaban J connectivity index is 1.89. The number of aliphatic hydroxyl groups excluding tert-OH is 1. The summed E-state index contributed by atoms with van der Waals surface area (Å²) in [5.41, 5.74) is 3.03. The maximum atomic E-state index is 13.2. The Labute approximate surface area is 158 Å². The first-order chi connectivity index (χ1) is 13.0. The van der Waals surface area contributed by atoms with E-state index in [9.17, 15) is 18.8 Å². The van der Waals surface area contributed by atoms with Crippen molar-refractivity contribution in [1.29, 1.82) is 5.26 Å². The van der Waals surface area contributed by atoms with Crippen LogP contribution in [0.4, 0.5) is 0 Å². The lowest BCUT2D eigenvalue weighted by Gasteiger charge is -2.08. The van der Waals surface area contributed by atoms with E-state index in [1.807, 2.05) is 6.92 Å². The van der Waals surface area contributed by atoms with Crippen molar-refractivity contribution in [2.75, 3.05) is 6.61 Å². The minimum Gasteiger partial charge on any atom is -0.396 e. The van der Waals surface area contributed by atoms with Gasteiger partial charge in [0.05, 0.1) is 22.0 Å². The molecule has 0 aliphatic heterocycles. The zero-order valence-electron chi connectivity index (χ0n) is 15.0. The molecule has 1 fully saturated rings. The number of rotatable bonds is 5. The molecular weight excluding hydrogens is 360 g/mol. The summed E-state index contributed by atoms with van der Waals surface area (Å²) >= 11 is 0. The zero-order chi connectivity index (χ0) is 19.2. The third-order valence-corrected chi connectivity index (χ3v) is 7.02. The van der Waals surface area contributed by atoms with Crippen molar-refractivity contribution in [3.05, 3.63) is 65.4 Å². The molecule has 5 nitrogen and oxygen atoms in total. The van der Waals surface area contributed by atoms with Gasteiger partial charge in [0.2, 0.25) is 0 Å². The molecule has 0 radical (unpaired) electrons. The minimum atomic E-state index is -3.73. The molecule has 2 atom stereocenters. The van der Waals surface area contributed by atoms with Crippen molar-refractivity contribution < 1.29 is 13.5 Å². The van der Waals surface area contributed by atoms with Crippen LogP contribution in [0.15, 0.2) is 53.6 Å². The average molecular weight is 380 g/mol. The van der Waals surface area contributed by atoms with Crippen molar-refractivity contribution in [1.82, 2.24) is 3.97 Å². The van der Waals surface area contributed by atoms with E-state index in [-0.39, 0.29) is 17.4 Å². The van der Waals surface area contributed by atoms with Crippen molar-refractivity contribution in [3.63, 3.8) is 0 Å². The highest BCUT2D eigenvalue weighted by Gasteiger charge is 2.40. The van der Waals surface area contributed by atoms with Crippen LogP contribution in [0.3, 0.4) is 0 Å². The molecule has 6 heteroatoms. The molecule has 1 N–H and O–H groups in total. The molecule has 3 aromatic rings. The topological polar surface area (TPSA) is 83.1 Å². The molecule has 1 aromatic heterocycles. The van der Waals surface area contributed by atoms with Crippen LogP contribution in [0.2, 0.25) is 0 Å². The Morgan fingerprint density at radius 3 is 2.63 bits per heavy atom. The second-order valence-corrected chi connectivity index (χ2v) is 8.97. The van der Waals surface area contributed by atoms with Gasteiger partial charge in [0.15, 0.2) is 0 Å². The number of fused-ring (bicyclic) bond motifs is 1. The van der Waals surface area contributed by atoms with E-state index in [2.05, 4.69) is 6.07 Å². The fourth-order valence-corrected chi connectivity index (χ4v) is 5.10. The first kappa shape index (κ1) is 17.8. The van der Waals surface area contributed by atoms with Crippen LogP contribution < -0.4 is 0 Å². The molecule has 1 heterocycles. The molecule has 1 aliphatic rings. The minimum absolute atomic E-state index is 0.130. The van der Waals surface area contributed by atoms with Gasteiger partial charge in [0.25, 0.3) is 10.0 Å². The molecule has 27 heavy (non-hydrogen) atoms. The summed E-state index contributed by atoms with van der Waals surface area (Å²) in [6.07, 6.45) is 3.34. The first-order valence-corrected chi connectivity index (χ1v) is 10.4. The largest absolute Gasteiger partial charge is 0.396 e. The summed E-state index contributed by atoms with van der Waals surface area (Å²) < 4.78 is 27.8. The van der Waals surface area contributed by atoms with E-state index < -0.39 is 10.0 Å². The number of hydrogen-bond donors (Lipinski definition) is 1. The number of hydrogen-bond acceptors (Lipinski definition) is 4. The molecule has 0 spiro atoms. The highest BCUT2D eigenvalue weighted by atomic mass is 32.2. The van der Waals surface area contributed by atoms with Crippen molar-refractivity contribution in [2.45, 2.75) is 30.6 Å². The van der Waals surface area contributed by atoms with Crippen molar-refractivity contribution in [2.24, 2.45) is 5.92 Å². The number of nitriles is 1. The van der Waals surface area contributed by atoms with Crippen LogP contribution in [0, 0.1) is 24.2 Å². The summed E-state index contributed by atoms with van der Waals surface area (Å²) in [6.45, 7) is 2.04. The number of aliphatic hydroxyl groups is 1. The Hall–Kier alpha value is -2.62. The molecular formula is C21H20N2O3S. The highest BCUT2D eigenvalue weighted by molar-refractivity contribution is 7.90. The van der Waals surface area contributed by atoms with E-state index in [1.165, 1.54) is 3.97 Å². The summed E-state index contributed by atoms with van der Waals surface area (Å²) in [5, 5.41) is 19.2. The molecule has 1 aliphatic carbocycles. The number of benzene rings is 2. The van der Waals surface area contributed by atoms with E-state index in [0.29, 0.717) is 23.4 Å². The van der Waals surface area contributed by atoms with Crippen LogP contribution in [-0.4, -0.2) is 24.1 Å². The maximum absolute atomic E-state index is 13.2. The fraction of sp³-hybridized carbons (Fsp3) is 0.286. The second-order valence-electron chi connectivity index (χ2n) is 7.16. The van der Waals surface area contributed by atoms with Crippen LogP contribution >= 0.6 is 0 Å². The second kappa shape index (κ2) is 6.52. The zero-order valence-corrected chi connectivity index (χ0v) is 15.8. The monoisotopic (exact) mass is 380 g/mol. The quantitative estimate of drug-likeness (QED) is 0.734. The maximum Gasteiger partial charge on any atom is 0.268 e. The summed E-state index contributed by atoms with van der Waals surface area (Å²) in [7, 11) is -3.73. The smallest absolute Gasteiger partial charge is 0.268 e. The normalized spacial score (nSPS) is 19.1. The van der Waals surface area contributed by atoms with Crippen molar-refractivity contribution >= 4 is 20.9 Å². The third kappa shape index (κ3) is 3.03. The lowest BCUT2D eigenvalue weighted by molar-refractivity contribution is 0.279. The lowest BCUT2D eigenvalue weighted by Crippen LogP contribution is -2.11. The number of aryl methyl sites for hydroxylation is 1. The van der Waals surface area contributed by atoms with Gasteiger partial charge in [0, 0.05) is 18.2 Å². The SMILES string of the molecule is Cc1ccc(S(=O)(=O)n2cc(C3CC3CCO)c3cc(C#N)ccc32)cc1. The van der Waals surface area contributed by atoms with Gasteiger partial charge in [-0.15, -0.1) is 0 Å². The molecule has 2 aromatic carbocycles. The molecule has 2 unspecified atom stereocenters. The number of nitrogens with zero attached hydrogens (tertiary/aromatic N) is 2. The van der Waals surface area contributed by atoms with Crippen LogP contribution in [0.5, 0.6) is 0 Å². The van der Waals surface area contributed by atoms with Gasteiger partial charge in [-0.2, -0.15) is 5.26 Å². The lowest BCUT2D eigenvalue weighted by atomic mass is 10.1. The van der Waals surface area contributed by atoms with Gasteiger partial charge in [0.1, 0.15) is 0 Å². The Kier molecular flexibility index (Phi) is 4.29. The molecule has 138 valence electrons. The summed E-state index contributed by atoms with van der Waals surface area (Å²) in [4.78, 5) is 0.239. The fourth-order valence-electron chi connectivity index (χ4n) is 3.73. The highest BCUT2D eigenvalue weighted by Crippen LogP contribution is 2.52. The van der Waals surface area contributed by atoms with Gasteiger partial charge < -0.3 is 5.11 Å². The van der Waals surface area contributed by atoms with E-state index in [0.717, 1.165) is 22.9 Å². The predicted octanol–water partition coefficient (Wildman–Crippen LogP) is 3.54. The van der Waals surface area contributed by atoms with E-state index >= 15 is 0 Å². The van der Waals surface area contributed by atoms with Gasteiger partial charge in [-0.25, -0.2) is 12.4 Å². The first-order valence-electron chi connectivity index (χ1n) is 8.94. The van der Waals surface area contributed by atoms with E-state index in [1.54, 1.807) is 48.7 Å². The molecule has 0 saturated heterocycles. The Morgan fingerprint density at radius 1 is 1.22 bits per heavy atom. The Morgan fingerprint density at radius 2 is 1.96 bits per heavy atom. The third-order valence-electron chi connectivity index (χ3n) is 5.33. The summed E-state index contributed by atoms with van der Waals surface area (Å²) in [5.74, 6) is 0.588. The average Bonchev–Trinajstić information content (AvgIpc) is 3.31. The van der Waals surface area contributed by atoms with Crippen LogP contribution in [-0.2, 0) is 10.0 Å². The van der Waals surface area contributed by atoms with Gasteiger partial charge in [-0.1, -0.05) is 17.7 Å².